The summed E-state index contributed by atoms with van der Waals surface area (Å²) >= 11 is 5.58. The highest BCUT2D eigenvalue weighted by Gasteiger charge is 2.32. The maximum Gasteiger partial charge on any atom is 0.318 e. The van der Waals surface area contributed by atoms with Gasteiger partial charge < -0.3 is 9.32 Å². The summed E-state index contributed by atoms with van der Waals surface area (Å²) in [5.74, 6) is 1.54. The van der Waals surface area contributed by atoms with Crippen molar-refractivity contribution in [3.8, 4) is 0 Å². The van der Waals surface area contributed by atoms with E-state index in [1.807, 2.05) is 11.9 Å². The predicted octanol–water partition coefficient (Wildman–Crippen LogP) is 2.04. The average molecular weight is 216 g/mol. The van der Waals surface area contributed by atoms with Crippen LogP contribution in [0.2, 0.25) is 0 Å². The van der Waals surface area contributed by atoms with Gasteiger partial charge >= 0.3 is 6.01 Å². The molecule has 0 bridgehead atoms. The van der Waals surface area contributed by atoms with Gasteiger partial charge in [0.2, 0.25) is 5.89 Å². The molecule has 4 nitrogen and oxygen atoms in total. The summed E-state index contributed by atoms with van der Waals surface area (Å²) < 4.78 is 5.37. The van der Waals surface area contributed by atoms with E-state index < -0.39 is 0 Å². The van der Waals surface area contributed by atoms with Crippen molar-refractivity contribution >= 4 is 17.6 Å². The van der Waals surface area contributed by atoms with Gasteiger partial charge in [-0.1, -0.05) is 5.10 Å². The maximum absolute atomic E-state index is 5.58. The van der Waals surface area contributed by atoms with Crippen molar-refractivity contribution in [3.63, 3.8) is 0 Å². The Hall–Kier alpha value is -0.770. The highest BCUT2D eigenvalue weighted by Crippen LogP contribution is 2.35. The molecule has 0 saturated heterocycles. The van der Waals surface area contributed by atoms with Crippen LogP contribution in [0.15, 0.2) is 4.42 Å². The van der Waals surface area contributed by atoms with E-state index in [1.165, 1.54) is 12.8 Å². The molecule has 0 aliphatic heterocycles. The second kappa shape index (κ2) is 3.77. The highest BCUT2D eigenvalue weighted by molar-refractivity contribution is 6.16. The normalized spacial score (nSPS) is 18.2. The standard InChI is InChI=1S/C9H14ClN3O/c1-6(7-3-4-7)13(2)9-12-11-8(5-10)14-9/h6-7H,3-5H2,1-2H3. The van der Waals surface area contributed by atoms with Gasteiger partial charge in [-0.15, -0.1) is 16.7 Å². The van der Waals surface area contributed by atoms with Crippen LogP contribution in [-0.2, 0) is 5.88 Å². The lowest BCUT2D eigenvalue weighted by Crippen LogP contribution is -2.30. The van der Waals surface area contributed by atoms with E-state index in [2.05, 4.69) is 17.1 Å². The molecule has 0 aromatic carbocycles. The summed E-state index contributed by atoms with van der Waals surface area (Å²) in [5, 5.41) is 7.77. The van der Waals surface area contributed by atoms with Crippen molar-refractivity contribution in [3.05, 3.63) is 5.89 Å². The van der Waals surface area contributed by atoms with Crippen LogP contribution in [0.25, 0.3) is 0 Å². The molecule has 14 heavy (non-hydrogen) atoms. The molecule has 78 valence electrons. The summed E-state index contributed by atoms with van der Waals surface area (Å²) in [7, 11) is 1.98. The van der Waals surface area contributed by atoms with Gasteiger partial charge in [-0.3, -0.25) is 0 Å². The molecule has 2 rings (SSSR count). The van der Waals surface area contributed by atoms with Crippen LogP contribution in [0.3, 0.4) is 0 Å². The minimum absolute atomic E-state index is 0.276. The number of hydrogen-bond donors (Lipinski definition) is 0. The Kier molecular flexibility index (Phi) is 2.63. The minimum Gasteiger partial charge on any atom is -0.407 e. The number of alkyl halides is 1. The van der Waals surface area contributed by atoms with Crippen LogP contribution < -0.4 is 4.90 Å². The van der Waals surface area contributed by atoms with Crippen molar-refractivity contribution in [2.45, 2.75) is 31.7 Å². The number of halogens is 1. The Balaban J connectivity index is 2.05. The Labute approximate surface area is 88.2 Å². The second-order valence-electron chi connectivity index (χ2n) is 3.80. The van der Waals surface area contributed by atoms with Gasteiger partial charge in [-0.25, -0.2) is 0 Å². The van der Waals surface area contributed by atoms with Gasteiger partial charge in [-0.2, -0.15) is 0 Å². The summed E-state index contributed by atoms with van der Waals surface area (Å²) in [6.07, 6.45) is 2.62. The number of nitrogens with zero attached hydrogens (tertiary/aromatic N) is 3. The lowest BCUT2D eigenvalue weighted by molar-refractivity contribution is 0.478. The van der Waals surface area contributed by atoms with Gasteiger partial charge in [0.15, 0.2) is 0 Å². The SMILES string of the molecule is CC(C1CC1)N(C)c1nnc(CCl)o1. The molecule has 1 atom stereocenters. The lowest BCUT2D eigenvalue weighted by Gasteiger charge is -2.21. The molecule has 0 spiro atoms. The smallest absolute Gasteiger partial charge is 0.318 e. The number of hydrogen-bond acceptors (Lipinski definition) is 4. The number of rotatable bonds is 4. The largest absolute Gasteiger partial charge is 0.407 e. The van der Waals surface area contributed by atoms with Crippen LogP contribution in [0.5, 0.6) is 0 Å². The molecule has 1 heterocycles. The summed E-state index contributed by atoms with van der Waals surface area (Å²) in [5.41, 5.74) is 0. The first-order valence-electron chi connectivity index (χ1n) is 4.83. The van der Waals surface area contributed by atoms with Crippen molar-refractivity contribution in [1.82, 2.24) is 10.2 Å². The van der Waals surface area contributed by atoms with Gasteiger partial charge in [0, 0.05) is 13.1 Å². The Morgan fingerprint density at radius 1 is 1.57 bits per heavy atom. The zero-order chi connectivity index (χ0) is 10.1. The molecule has 5 heteroatoms. The van der Waals surface area contributed by atoms with Gasteiger partial charge in [0.05, 0.1) is 0 Å². The van der Waals surface area contributed by atoms with Gasteiger partial charge in [-0.05, 0) is 25.7 Å². The van der Waals surface area contributed by atoms with Crippen molar-refractivity contribution < 1.29 is 4.42 Å². The third-order valence-corrected chi connectivity index (χ3v) is 3.02. The predicted molar refractivity (Wildman–Crippen MR) is 54.4 cm³/mol. The number of aromatic nitrogens is 2. The van der Waals surface area contributed by atoms with Crippen LogP contribution in [0.4, 0.5) is 6.01 Å². The monoisotopic (exact) mass is 215 g/mol. The van der Waals surface area contributed by atoms with E-state index in [1.54, 1.807) is 0 Å². The van der Waals surface area contributed by atoms with Gasteiger partial charge in [0.1, 0.15) is 5.88 Å². The van der Waals surface area contributed by atoms with Crippen LogP contribution in [0, 0.1) is 5.92 Å². The van der Waals surface area contributed by atoms with E-state index in [0.29, 0.717) is 17.9 Å². The zero-order valence-electron chi connectivity index (χ0n) is 8.40. The molecule has 1 aliphatic rings. The van der Waals surface area contributed by atoms with Crippen molar-refractivity contribution in [2.24, 2.45) is 5.92 Å². The number of anilines is 1. The minimum atomic E-state index is 0.276. The molecule has 1 aromatic heterocycles. The summed E-state index contributed by atoms with van der Waals surface area (Å²) in [6.45, 7) is 2.18. The highest BCUT2D eigenvalue weighted by atomic mass is 35.5. The molecule has 1 unspecified atom stereocenters. The van der Waals surface area contributed by atoms with E-state index in [9.17, 15) is 0 Å². The van der Waals surface area contributed by atoms with Gasteiger partial charge in [0.25, 0.3) is 0 Å². The molecule has 0 amide bonds. The molecule has 0 N–H and O–H groups in total. The van der Waals surface area contributed by atoms with Crippen LogP contribution >= 0.6 is 11.6 Å². The first-order valence-corrected chi connectivity index (χ1v) is 5.37. The Morgan fingerprint density at radius 3 is 2.79 bits per heavy atom. The first kappa shape index (κ1) is 9.77. The topological polar surface area (TPSA) is 42.2 Å². The summed E-state index contributed by atoms with van der Waals surface area (Å²) in [6, 6.07) is 1.04. The van der Waals surface area contributed by atoms with E-state index >= 15 is 0 Å². The third kappa shape index (κ3) is 1.85. The maximum atomic E-state index is 5.58. The Morgan fingerprint density at radius 2 is 2.29 bits per heavy atom. The van der Waals surface area contributed by atoms with E-state index in [4.69, 9.17) is 16.0 Å². The van der Waals surface area contributed by atoms with Crippen molar-refractivity contribution in [2.75, 3.05) is 11.9 Å². The third-order valence-electron chi connectivity index (χ3n) is 2.79. The first-order chi connectivity index (χ1) is 6.72. The fraction of sp³-hybridized carbons (Fsp3) is 0.778. The quantitative estimate of drug-likeness (QED) is 0.721. The Bertz CT molecular complexity index is 311. The molecular formula is C9H14ClN3O. The van der Waals surface area contributed by atoms with Crippen LogP contribution in [0.1, 0.15) is 25.7 Å². The molecule has 1 fully saturated rings. The molecule has 1 saturated carbocycles. The van der Waals surface area contributed by atoms with E-state index in [-0.39, 0.29) is 5.88 Å². The lowest BCUT2D eigenvalue weighted by atomic mass is 10.2. The average Bonchev–Trinajstić information content (AvgIpc) is 2.94. The summed E-state index contributed by atoms with van der Waals surface area (Å²) in [4.78, 5) is 2.03. The molecular weight excluding hydrogens is 202 g/mol. The fourth-order valence-electron chi connectivity index (χ4n) is 1.51. The molecule has 1 aromatic rings. The fourth-order valence-corrected chi connectivity index (χ4v) is 1.62. The molecule has 1 aliphatic carbocycles. The van der Waals surface area contributed by atoms with Crippen LogP contribution in [-0.4, -0.2) is 23.3 Å². The second-order valence-corrected chi connectivity index (χ2v) is 4.07. The van der Waals surface area contributed by atoms with E-state index in [0.717, 1.165) is 5.92 Å². The zero-order valence-corrected chi connectivity index (χ0v) is 9.16. The molecule has 0 radical (unpaired) electrons. The van der Waals surface area contributed by atoms with Crippen molar-refractivity contribution in [1.29, 1.82) is 0 Å².